The maximum atomic E-state index is 13.7. The van der Waals surface area contributed by atoms with E-state index in [9.17, 15) is 31.5 Å². The van der Waals surface area contributed by atoms with Gasteiger partial charge in [-0.15, -0.1) is 0 Å². The van der Waals surface area contributed by atoms with Crippen molar-refractivity contribution in [3.63, 3.8) is 0 Å². The van der Waals surface area contributed by atoms with Gasteiger partial charge in [-0.2, -0.15) is 17.5 Å². The number of aryl methyl sites for hydroxylation is 1. The summed E-state index contributed by atoms with van der Waals surface area (Å²) in [5.41, 5.74) is -3.46. The Kier molecular flexibility index (Phi) is 7.05. The molecule has 0 saturated carbocycles. The van der Waals surface area contributed by atoms with Crippen LogP contribution in [0.4, 0.5) is 13.2 Å². The number of carbonyl (C=O) groups excluding carboxylic acids is 1. The van der Waals surface area contributed by atoms with Gasteiger partial charge in [-0.3, -0.25) is 4.79 Å². The van der Waals surface area contributed by atoms with Gasteiger partial charge >= 0.3 is 6.18 Å². The normalized spacial score (nSPS) is 17.6. The fraction of sp³-hybridized carbons (Fsp3) is 0.500. The van der Waals surface area contributed by atoms with Crippen molar-refractivity contribution >= 4 is 15.9 Å². The number of carbonyl (C=O) groups is 1. The van der Waals surface area contributed by atoms with Crippen LogP contribution in [0.1, 0.15) is 19.2 Å². The molecule has 0 bridgehead atoms. The van der Waals surface area contributed by atoms with E-state index >= 15 is 0 Å². The Labute approximate surface area is 189 Å². The zero-order valence-electron chi connectivity index (χ0n) is 18.1. The van der Waals surface area contributed by atoms with E-state index in [0.29, 0.717) is 12.4 Å². The van der Waals surface area contributed by atoms with Crippen molar-refractivity contribution in [3.8, 4) is 5.75 Å². The summed E-state index contributed by atoms with van der Waals surface area (Å²) in [6.07, 6.45) is -4.06. The molecule has 1 N–H and O–H groups in total. The molecule has 182 valence electrons. The number of piperazine rings is 1. The van der Waals surface area contributed by atoms with E-state index in [4.69, 9.17) is 4.74 Å². The van der Waals surface area contributed by atoms with Gasteiger partial charge in [0.1, 0.15) is 5.75 Å². The minimum atomic E-state index is -5.14. The monoisotopic (exact) mass is 490 g/mol. The summed E-state index contributed by atoms with van der Waals surface area (Å²) in [5, 5.41) is 10.4. The fourth-order valence-electron chi connectivity index (χ4n) is 3.60. The molecule has 13 heteroatoms. The molecule has 1 aromatic heterocycles. The van der Waals surface area contributed by atoms with Crippen molar-refractivity contribution in [2.24, 2.45) is 7.05 Å². The standard InChI is InChI=1S/C20H25F3N4O5S/c1-3-32-15-4-6-16(7-5-15)33(30,31)27-12-10-26(11-13-27)17(28)14-19(29,20(21,22)23)18-24-8-9-25(18)2/h4-9,29H,3,10-14H2,1-2H3. The summed E-state index contributed by atoms with van der Waals surface area (Å²) in [6, 6.07) is 5.89. The average Bonchev–Trinajstić information content (AvgIpc) is 3.20. The molecule has 1 saturated heterocycles. The Morgan fingerprint density at radius 2 is 1.76 bits per heavy atom. The molecule has 1 atom stereocenters. The number of aliphatic hydroxyl groups is 1. The first-order chi connectivity index (χ1) is 15.4. The lowest BCUT2D eigenvalue weighted by Gasteiger charge is -2.36. The lowest BCUT2D eigenvalue weighted by atomic mass is 9.96. The van der Waals surface area contributed by atoms with Gasteiger partial charge in [-0.25, -0.2) is 13.4 Å². The van der Waals surface area contributed by atoms with Gasteiger partial charge in [0, 0.05) is 45.6 Å². The number of alkyl halides is 3. The Bertz CT molecular complexity index is 1080. The largest absolute Gasteiger partial charge is 0.494 e. The van der Waals surface area contributed by atoms with Crippen LogP contribution in [0.25, 0.3) is 0 Å². The molecular formula is C20H25F3N4O5S. The third kappa shape index (κ3) is 4.99. The van der Waals surface area contributed by atoms with Gasteiger partial charge in [-0.1, -0.05) is 0 Å². The van der Waals surface area contributed by atoms with Crippen LogP contribution in [0.2, 0.25) is 0 Å². The Morgan fingerprint density at radius 1 is 1.15 bits per heavy atom. The molecule has 2 aromatic rings. The number of ether oxygens (including phenoxy) is 1. The summed E-state index contributed by atoms with van der Waals surface area (Å²) in [4.78, 5) is 17.4. The molecule has 1 unspecified atom stereocenters. The molecule has 33 heavy (non-hydrogen) atoms. The van der Waals surface area contributed by atoms with Crippen molar-refractivity contribution in [1.29, 1.82) is 0 Å². The van der Waals surface area contributed by atoms with Crippen molar-refractivity contribution in [1.82, 2.24) is 18.8 Å². The Hall–Kier alpha value is -2.64. The third-order valence-corrected chi connectivity index (χ3v) is 7.34. The van der Waals surface area contributed by atoms with Crippen molar-refractivity contribution in [3.05, 3.63) is 42.5 Å². The van der Waals surface area contributed by atoms with Crippen molar-refractivity contribution < 1.29 is 36.2 Å². The van der Waals surface area contributed by atoms with Gasteiger partial charge in [0.05, 0.1) is 17.9 Å². The molecular weight excluding hydrogens is 465 g/mol. The van der Waals surface area contributed by atoms with Gasteiger partial charge in [0.2, 0.25) is 21.5 Å². The minimum absolute atomic E-state index is 0.0481. The molecule has 0 aliphatic carbocycles. The predicted molar refractivity (Wildman–Crippen MR) is 111 cm³/mol. The maximum Gasteiger partial charge on any atom is 0.425 e. The zero-order valence-corrected chi connectivity index (χ0v) is 18.9. The van der Waals surface area contributed by atoms with Gasteiger partial charge in [0.15, 0.2) is 5.82 Å². The number of hydrogen-bond donors (Lipinski definition) is 1. The number of imidazole rings is 1. The molecule has 2 heterocycles. The maximum absolute atomic E-state index is 13.7. The van der Waals surface area contributed by atoms with Crippen LogP contribution in [0.3, 0.4) is 0 Å². The second-order valence-corrected chi connectivity index (χ2v) is 9.52. The van der Waals surface area contributed by atoms with Crippen LogP contribution in [-0.2, 0) is 27.5 Å². The highest BCUT2D eigenvalue weighted by molar-refractivity contribution is 7.89. The van der Waals surface area contributed by atoms with Crippen LogP contribution in [0.15, 0.2) is 41.6 Å². The minimum Gasteiger partial charge on any atom is -0.494 e. The number of amides is 1. The second-order valence-electron chi connectivity index (χ2n) is 7.59. The topological polar surface area (TPSA) is 105 Å². The molecule has 1 amide bonds. The average molecular weight is 491 g/mol. The smallest absolute Gasteiger partial charge is 0.425 e. The van der Waals surface area contributed by atoms with E-state index in [1.54, 1.807) is 6.92 Å². The number of nitrogens with zero attached hydrogens (tertiary/aromatic N) is 4. The summed E-state index contributed by atoms with van der Waals surface area (Å²) in [7, 11) is -2.56. The number of hydrogen-bond acceptors (Lipinski definition) is 6. The summed E-state index contributed by atoms with van der Waals surface area (Å²) in [5.74, 6) is -1.12. The molecule has 1 aliphatic rings. The molecule has 9 nitrogen and oxygen atoms in total. The quantitative estimate of drug-likeness (QED) is 0.631. The van der Waals surface area contributed by atoms with E-state index in [1.165, 1.54) is 41.8 Å². The number of benzene rings is 1. The van der Waals surface area contributed by atoms with Crippen LogP contribution in [0.5, 0.6) is 5.75 Å². The summed E-state index contributed by atoms with van der Waals surface area (Å²) < 4.78 is 74.3. The van der Waals surface area contributed by atoms with Crippen LogP contribution < -0.4 is 4.74 Å². The first-order valence-corrected chi connectivity index (χ1v) is 11.6. The lowest BCUT2D eigenvalue weighted by Crippen LogP contribution is -2.53. The third-order valence-electron chi connectivity index (χ3n) is 5.43. The number of halogens is 3. The highest BCUT2D eigenvalue weighted by Crippen LogP contribution is 2.41. The van der Waals surface area contributed by atoms with E-state index in [0.717, 1.165) is 15.7 Å². The van der Waals surface area contributed by atoms with Crippen molar-refractivity contribution in [2.45, 2.75) is 30.0 Å². The van der Waals surface area contributed by atoms with Gasteiger partial charge in [0.25, 0.3) is 0 Å². The van der Waals surface area contributed by atoms with E-state index < -0.39 is 40.0 Å². The second kappa shape index (κ2) is 9.31. The van der Waals surface area contributed by atoms with Crippen LogP contribution in [-0.4, -0.2) is 77.1 Å². The molecule has 0 spiro atoms. The molecule has 0 radical (unpaired) electrons. The summed E-state index contributed by atoms with van der Waals surface area (Å²) in [6.45, 7) is 1.85. The number of sulfonamides is 1. The molecule has 1 aliphatic heterocycles. The molecule has 1 fully saturated rings. The predicted octanol–water partition coefficient (Wildman–Crippen LogP) is 1.49. The number of aromatic nitrogens is 2. The van der Waals surface area contributed by atoms with Gasteiger partial charge < -0.3 is 19.3 Å². The molecule has 1 aromatic carbocycles. The fourth-order valence-corrected chi connectivity index (χ4v) is 5.02. The first kappa shape index (κ1) is 25.0. The SMILES string of the molecule is CCOc1ccc(S(=O)(=O)N2CCN(C(=O)CC(O)(c3nccn3C)C(F)(F)F)CC2)cc1. The van der Waals surface area contributed by atoms with E-state index in [2.05, 4.69) is 4.98 Å². The first-order valence-electron chi connectivity index (χ1n) is 10.2. The Morgan fingerprint density at radius 3 is 2.24 bits per heavy atom. The molecule has 3 rings (SSSR count). The van der Waals surface area contributed by atoms with Crippen LogP contribution >= 0.6 is 0 Å². The lowest BCUT2D eigenvalue weighted by molar-refractivity contribution is -0.272. The number of rotatable bonds is 7. The highest BCUT2D eigenvalue weighted by Gasteiger charge is 2.59. The van der Waals surface area contributed by atoms with E-state index in [1.807, 2.05) is 0 Å². The van der Waals surface area contributed by atoms with E-state index in [-0.39, 0.29) is 31.1 Å². The Balaban J connectivity index is 1.68. The summed E-state index contributed by atoms with van der Waals surface area (Å²) >= 11 is 0. The van der Waals surface area contributed by atoms with Crippen LogP contribution in [0, 0.1) is 0 Å². The highest BCUT2D eigenvalue weighted by atomic mass is 32.2. The zero-order chi connectivity index (χ0) is 24.4. The van der Waals surface area contributed by atoms with Gasteiger partial charge in [-0.05, 0) is 31.2 Å². The van der Waals surface area contributed by atoms with Crippen molar-refractivity contribution in [2.75, 3.05) is 32.8 Å².